The van der Waals surface area contributed by atoms with Gasteiger partial charge in [-0.2, -0.15) is 5.10 Å². The first kappa shape index (κ1) is 15.0. The maximum Gasteiger partial charge on any atom is 0.254 e. The molecule has 6 nitrogen and oxygen atoms in total. The van der Waals surface area contributed by atoms with Crippen molar-refractivity contribution in [1.82, 2.24) is 20.1 Å². The summed E-state index contributed by atoms with van der Waals surface area (Å²) in [5.41, 5.74) is 2.61. The van der Waals surface area contributed by atoms with Crippen molar-refractivity contribution >= 4 is 5.91 Å². The van der Waals surface area contributed by atoms with Crippen LogP contribution in [0.25, 0.3) is 11.1 Å². The van der Waals surface area contributed by atoms with Crippen molar-refractivity contribution in [3.63, 3.8) is 0 Å². The maximum atomic E-state index is 12.1. The molecule has 1 N–H and O–H groups in total. The highest BCUT2D eigenvalue weighted by molar-refractivity contribution is 5.95. The summed E-state index contributed by atoms with van der Waals surface area (Å²) in [6, 6.07) is 5.63. The Morgan fingerprint density at radius 1 is 1.30 bits per heavy atom. The van der Waals surface area contributed by atoms with Gasteiger partial charge in [-0.1, -0.05) is 6.07 Å². The van der Waals surface area contributed by atoms with Gasteiger partial charge in [0.2, 0.25) is 0 Å². The van der Waals surface area contributed by atoms with Crippen molar-refractivity contribution in [2.24, 2.45) is 0 Å². The Balaban J connectivity index is 1.56. The molecule has 0 unspecified atom stereocenters. The van der Waals surface area contributed by atoms with E-state index in [9.17, 15) is 4.79 Å². The molecule has 0 fully saturated rings. The summed E-state index contributed by atoms with van der Waals surface area (Å²) < 4.78 is 7.17. The third-order valence-electron chi connectivity index (χ3n) is 3.54. The molecule has 0 spiro atoms. The van der Waals surface area contributed by atoms with Crippen molar-refractivity contribution in [2.75, 3.05) is 6.54 Å². The molecular weight excluding hydrogens is 292 g/mol. The first-order chi connectivity index (χ1) is 11.1. The van der Waals surface area contributed by atoms with Gasteiger partial charge in [0, 0.05) is 36.3 Å². The molecule has 0 radical (unpaired) electrons. The van der Waals surface area contributed by atoms with E-state index >= 15 is 0 Å². The fourth-order valence-electron chi connectivity index (χ4n) is 2.40. The average molecular weight is 310 g/mol. The van der Waals surface area contributed by atoms with E-state index in [-0.39, 0.29) is 5.91 Å². The molecule has 0 aromatic carbocycles. The van der Waals surface area contributed by atoms with Crippen LogP contribution in [-0.2, 0) is 6.54 Å². The molecule has 0 aliphatic heterocycles. The van der Waals surface area contributed by atoms with E-state index in [0.717, 1.165) is 16.9 Å². The molecule has 23 heavy (non-hydrogen) atoms. The Labute approximate surface area is 134 Å². The van der Waals surface area contributed by atoms with Gasteiger partial charge in [-0.05, 0) is 26.0 Å². The van der Waals surface area contributed by atoms with Crippen molar-refractivity contribution in [1.29, 1.82) is 0 Å². The Kier molecular flexibility index (Phi) is 4.23. The van der Waals surface area contributed by atoms with E-state index in [4.69, 9.17) is 4.42 Å². The Bertz CT molecular complexity index is 805. The predicted molar refractivity (Wildman–Crippen MR) is 86.0 cm³/mol. The largest absolute Gasteiger partial charge is 0.466 e. The normalized spacial score (nSPS) is 10.7. The second-order valence-electron chi connectivity index (χ2n) is 5.32. The summed E-state index contributed by atoms with van der Waals surface area (Å²) >= 11 is 0. The lowest BCUT2D eigenvalue weighted by Gasteiger charge is -2.04. The van der Waals surface area contributed by atoms with Crippen LogP contribution in [0.15, 0.2) is 47.4 Å². The minimum absolute atomic E-state index is 0.126. The number of nitrogens with one attached hydrogen (secondary N) is 1. The average Bonchev–Trinajstić information content (AvgIpc) is 3.14. The highest BCUT2D eigenvalue weighted by Gasteiger charge is 2.12. The van der Waals surface area contributed by atoms with Crippen LogP contribution in [0.4, 0.5) is 0 Å². The van der Waals surface area contributed by atoms with Crippen LogP contribution in [0.3, 0.4) is 0 Å². The van der Waals surface area contributed by atoms with Gasteiger partial charge in [0.1, 0.15) is 11.5 Å². The third kappa shape index (κ3) is 3.48. The zero-order chi connectivity index (χ0) is 16.2. The second kappa shape index (κ2) is 6.48. The highest BCUT2D eigenvalue weighted by atomic mass is 16.3. The summed E-state index contributed by atoms with van der Waals surface area (Å²) in [5.74, 6) is 1.25. The molecule has 1 amide bonds. The predicted octanol–water partition coefficient (Wildman–Crippen LogP) is 2.58. The van der Waals surface area contributed by atoms with Gasteiger partial charge in [0.15, 0.2) is 0 Å². The molecule has 3 aromatic rings. The smallest absolute Gasteiger partial charge is 0.254 e. The number of hydrogen-bond donors (Lipinski definition) is 1. The quantitative estimate of drug-likeness (QED) is 0.786. The topological polar surface area (TPSA) is 73.0 Å². The van der Waals surface area contributed by atoms with Crippen LogP contribution in [-0.4, -0.2) is 27.2 Å². The minimum Gasteiger partial charge on any atom is -0.466 e. The molecule has 118 valence electrons. The molecule has 0 atom stereocenters. The zero-order valence-electron chi connectivity index (χ0n) is 13.1. The van der Waals surface area contributed by atoms with E-state index in [1.165, 1.54) is 0 Å². The number of carbonyl (C=O) groups is 1. The molecule has 0 aliphatic carbocycles. The van der Waals surface area contributed by atoms with Crippen molar-refractivity contribution in [3.05, 3.63) is 60.1 Å². The summed E-state index contributed by atoms with van der Waals surface area (Å²) in [5, 5.41) is 7.18. The Morgan fingerprint density at radius 3 is 2.87 bits per heavy atom. The number of carbonyl (C=O) groups excluding carboxylic acids is 1. The Hall–Kier alpha value is -2.89. The number of aromatic nitrogens is 3. The summed E-state index contributed by atoms with van der Waals surface area (Å²) in [6.45, 7) is 4.71. The molecule has 0 saturated carbocycles. The number of amides is 1. The standard InChI is InChI=1S/C17H18N4O2/c1-12-8-16(13(2)23-12)17(22)19-6-7-21-11-15(10-20-21)14-4-3-5-18-9-14/h3-5,8-11H,6-7H2,1-2H3,(H,19,22). The van der Waals surface area contributed by atoms with E-state index in [1.54, 1.807) is 36.3 Å². The fourth-order valence-corrected chi connectivity index (χ4v) is 2.40. The second-order valence-corrected chi connectivity index (χ2v) is 5.32. The molecule has 0 aliphatic rings. The van der Waals surface area contributed by atoms with Gasteiger partial charge in [0.25, 0.3) is 5.91 Å². The van der Waals surface area contributed by atoms with Gasteiger partial charge in [0.05, 0.1) is 18.3 Å². The van der Waals surface area contributed by atoms with Crippen LogP contribution in [0.5, 0.6) is 0 Å². The van der Waals surface area contributed by atoms with Gasteiger partial charge < -0.3 is 9.73 Å². The van der Waals surface area contributed by atoms with Crippen LogP contribution < -0.4 is 5.32 Å². The van der Waals surface area contributed by atoms with E-state index in [0.29, 0.717) is 24.4 Å². The molecule has 0 saturated heterocycles. The van der Waals surface area contributed by atoms with Crippen LogP contribution in [0.1, 0.15) is 21.9 Å². The lowest BCUT2D eigenvalue weighted by molar-refractivity contribution is 0.0950. The van der Waals surface area contributed by atoms with Crippen molar-refractivity contribution < 1.29 is 9.21 Å². The maximum absolute atomic E-state index is 12.1. The number of rotatable bonds is 5. The lowest BCUT2D eigenvalue weighted by Crippen LogP contribution is -2.27. The molecule has 6 heteroatoms. The first-order valence-corrected chi connectivity index (χ1v) is 7.41. The number of pyridine rings is 1. The number of hydrogen-bond acceptors (Lipinski definition) is 4. The molecule has 0 bridgehead atoms. The first-order valence-electron chi connectivity index (χ1n) is 7.41. The Morgan fingerprint density at radius 2 is 2.17 bits per heavy atom. The summed E-state index contributed by atoms with van der Waals surface area (Å²) in [6.07, 6.45) is 7.27. The van der Waals surface area contributed by atoms with Crippen molar-refractivity contribution in [3.8, 4) is 11.1 Å². The van der Waals surface area contributed by atoms with Crippen LogP contribution in [0, 0.1) is 13.8 Å². The highest BCUT2D eigenvalue weighted by Crippen LogP contribution is 2.16. The third-order valence-corrected chi connectivity index (χ3v) is 3.54. The minimum atomic E-state index is -0.126. The van der Waals surface area contributed by atoms with Crippen LogP contribution in [0.2, 0.25) is 0 Å². The molecule has 3 rings (SSSR count). The fraction of sp³-hybridized carbons (Fsp3) is 0.235. The molecular formula is C17H18N4O2. The summed E-state index contributed by atoms with van der Waals surface area (Å²) in [7, 11) is 0. The van der Waals surface area contributed by atoms with E-state index < -0.39 is 0 Å². The number of aryl methyl sites for hydroxylation is 2. The van der Waals surface area contributed by atoms with E-state index in [1.807, 2.05) is 25.3 Å². The van der Waals surface area contributed by atoms with Gasteiger partial charge in [-0.15, -0.1) is 0 Å². The summed E-state index contributed by atoms with van der Waals surface area (Å²) in [4.78, 5) is 16.2. The molecule has 3 aromatic heterocycles. The van der Waals surface area contributed by atoms with Gasteiger partial charge in [-0.3, -0.25) is 14.5 Å². The van der Waals surface area contributed by atoms with Crippen LogP contribution >= 0.6 is 0 Å². The lowest BCUT2D eigenvalue weighted by atomic mass is 10.2. The monoisotopic (exact) mass is 310 g/mol. The van der Waals surface area contributed by atoms with E-state index in [2.05, 4.69) is 15.4 Å². The SMILES string of the molecule is Cc1cc(C(=O)NCCn2cc(-c3cccnc3)cn2)c(C)o1. The number of nitrogens with zero attached hydrogens (tertiary/aromatic N) is 3. The van der Waals surface area contributed by atoms with Gasteiger partial charge >= 0.3 is 0 Å². The zero-order valence-corrected chi connectivity index (χ0v) is 13.1. The number of furan rings is 1. The van der Waals surface area contributed by atoms with Crippen molar-refractivity contribution in [2.45, 2.75) is 20.4 Å². The van der Waals surface area contributed by atoms with Gasteiger partial charge in [-0.25, -0.2) is 0 Å². The molecule has 3 heterocycles.